The molecule has 0 radical (unpaired) electrons. The lowest BCUT2D eigenvalue weighted by Gasteiger charge is -2.23. The lowest BCUT2D eigenvalue weighted by molar-refractivity contribution is 0.102. The van der Waals surface area contributed by atoms with Crippen LogP contribution in [0.1, 0.15) is 22.0 Å². The standard InChI is InChI=1S/C24H22ClN5O2S/c1-30(2)15-21(16-6-4-3-5-7-16)32-20-9-8-18(14-19(20)25)22(31)27-24-29-28-23(33-24)17-10-12-26-13-11-17/h3-14,21H,15H2,1-2H3,(H,27,29,31)/t21-/m0/s1. The first-order valence-corrected chi connectivity index (χ1v) is 11.4. The molecule has 4 rings (SSSR count). The van der Waals surface area contributed by atoms with Crippen LogP contribution < -0.4 is 10.1 Å². The van der Waals surface area contributed by atoms with Gasteiger partial charge in [0.2, 0.25) is 5.13 Å². The van der Waals surface area contributed by atoms with E-state index in [1.54, 1.807) is 30.6 Å². The zero-order valence-corrected chi connectivity index (χ0v) is 19.7. The van der Waals surface area contributed by atoms with Gasteiger partial charge in [0.05, 0.1) is 5.02 Å². The monoisotopic (exact) mass is 479 g/mol. The highest BCUT2D eigenvalue weighted by molar-refractivity contribution is 7.18. The highest BCUT2D eigenvalue weighted by atomic mass is 35.5. The summed E-state index contributed by atoms with van der Waals surface area (Å²) in [6.07, 6.45) is 3.16. The Morgan fingerprint density at radius 1 is 1.09 bits per heavy atom. The first-order chi connectivity index (χ1) is 16.0. The molecule has 1 atom stereocenters. The minimum atomic E-state index is -0.325. The van der Waals surface area contributed by atoms with Crippen LogP contribution in [-0.2, 0) is 0 Å². The largest absolute Gasteiger partial charge is 0.483 e. The maximum atomic E-state index is 12.7. The van der Waals surface area contributed by atoms with E-state index in [4.69, 9.17) is 16.3 Å². The quantitative estimate of drug-likeness (QED) is 0.374. The maximum Gasteiger partial charge on any atom is 0.257 e. The lowest BCUT2D eigenvalue weighted by Crippen LogP contribution is -2.24. The van der Waals surface area contributed by atoms with Crippen LogP contribution in [0.4, 0.5) is 5.13 Å². The molecule has 168 valence electrons. The number of hydrogen-bond acceptors (Lipinski definition) is 7. The number of pyridine rings is 1. The van der Waals surface area contributed by atoms with Crippen molar-refractivity contribution in [3.8, 4) is 16.3 Å². The summed E-state index contributed by atoms with van der Waals surface area (Å²) < 4.78 is 6.22. The molecule has 9 heteroatoms. The Morgan fingerprint density at radius 2 is 1.85 bits per heavy atom. The van der Waals surface area contributed by atoms with E-state index in [2.05, 4.69) is 25.4 Å². The third-order valence-electron chi connectivity index (χ3n) is 4.74. The Labute approximate surface area is 201 Å². The number of ether oxygens (including phenoxy) is 1. The molecule has 4 aromatic rings. The van der Waals surface area contributed by atoms with E-state index in [1.807, 2.05) is 56.6 Å². The molecule has 1 amide bonds. The summed E-state index contributed by atoms with van der Waals surface area (Å²) in [5, 5.41) is 12.4. The predicted octanol–water partition coefficient (Wildman–Crippen LogP) is 5.19. The number of carbonyl (C=O) groups excluding carboxylic acids is 1. The number of likely N-dealkylation sites (N-methyl/N-ethyl adjacent to an activating group) is 1. The Morgan fingerprint density at radius 3 is 2.55 bits per heavy atom. The van der Waals surface area contributed by atoms with E-state index in [1.165, 1.54) is 11.3 Å². The van der Waals surface area contributed by atoms with Crippen molar-refractivity contribution >= 4 is 34.0 Å². The van der Waals surface area contributed by atoms with Gasteiger partial charge in [0, 0.05) is 30.1 Å². The summed E-state index contributed by atoms with van der Waals surface area (Å²) in [6.45, 7) is 0.680. The number of benzene rings is 2. The van der Waals surface area contributed by atoms with Gasteiger partial charge in [-0.3, -0.25) is 15.1 Å². The van der Waals surface area contributed by atoms with Crippen LogP contribution in [0, 0.1) is 0 Å². The Balaban J connectivity index is 1.46. The SMILES string of the molecule is CN(C)C[C@H](Oc1ccc(C(=O)Nc2nnc(-c3ccncc3)s2)cc1Cl)c1ccccc1. The number of halogens is 1. The van der Waals surface area contributed by atoms with Crippen molar-refractivity contribution in [2.75, 3.05) is 26.0 Å². The van der Waals surface area contributed by atoms with Crippen molar-refractivity contribution in [2.24, 2.45) is 0 Å². The summed E-state index contributed by atoms with van der Waals surface area (Å²) in [5.41, 5.74) is 2.33. The number of aromatic nitrogens is 3. The van der Waals surface area contributed by atoms with Crippen LogP contribution in [0.25, 0.3) is 10.6 Å². The minimum absolute atomic E-state index is 0.202. The molecule has 2 aromatic carbocycles. The third-order valence-corrected chi connectivity index (χ3v) is 5.92. The molecule has 0 spiro atoms. The topological polar surface area (TPSA) is 80.2 Å². The van der Waals surface area contributed by atoms with Gasteiger partial charge in [0.15, 0.2) is 0 Å². The van der Waals surface area contributed by atoms with E-state index in [-0.39, 0.29) is 12.0 Å². The average Bonchev–Trinajstić information content (AvgIpc) is 3.29. The second-order valence-corrected chi connectivity index (χ2v) is 8.91. The number of hydrogen-bond donors (Lipinski definition) is 1. The molecule has 0 aliphatic carbocycles. The molecule has 2 aromatic heterocycles. The van der Waals surface area contributed by atoms with Gasteiger partial charge < -0.3 is 9.64 Å². The summed E-state index contributed by atoms with van der Waals surface area (Å²) in [6, 6.07) is 18.6. The van der Waals surface area contributed by atoms with Gasteiger partial charge in [-0.1, -0.05) is 53.3 Å². The van der Waals surface area contributed by atoms with Crippen LogP contribution >= 0.6 is 22.9 Å². The first-order valence-electron chi connectivity index (χ1n) is 10.2. The van der Waals surface area contributed by atoms with Crippen LogP contribution in [0.2, 0.25) is 5.02 Å². The molecule has 7 nitrogen and oxygen atoms in total. The minimum Gasteiger partial charge on any atom is -0.483 e. The zero-order valence-electron chi connectivity index (χ0n) is 18.1. The molecule has 0 unspecified atom stereocenters. The van der Waals surface area contributed by atoms with Crippen molar-refractivity contribution in [3.05, 3.63) is 89.2 Å². The second kappa shape index (κ2) is 10.5. The van der Waals surface area contributed by atoms with E-state index in [0.717, 1.165) is 11.1 Å². The predicted molar refractivity (Wildman–Crippen MR) is 131 cm³/mol. The second-order valence-electron chi connectivity index (χ2n) is 7.53. The highest BCUT2D eigenvalue weighted by Gasteiger charge is 2.18. The zero-order chi connectivity index (χ0) is 23.2. The number of carbonyl (C=O) groups is 1. The molecule has 33 heavy (non-hydrogen) atoms. The third kappa shape index (κ3) is 5.92. The fraction of sp³-hybridized carbons (Fsp3) is 0.167. The van der Waals surface area contributed by atoms with Crippen LogP contribution in [0.3, 0.4) is 0 Å². The van der Waals surface area contributed by atoms with Gasteiger partial charge in [0.25, 0.3) is 5.91 Å². The van der Waals surface area contributed by atoms with Gasteiger partial charge in [-0.15, -0.1) is 10.2 Å². The van der Waals surface area contributed by atoms with Gasteiger partial charge in [-0.25, -0.2) is 0 Å². The molecule has 0 bridgehead atoms. The smallest absolute Gasteiger partial charge is 0.257 e. The van der Waals surface area contributed by atoms with Gasteiger partial charge in [-0.2, -0.15) is 0 Å². The maximum absolute atomic E-state index is 12.7. The van der Waals surface area contributed by atoms with Gasteiger partial charge in [-0.05, 0) is 50.0 Å². The van der Waals surface area contributed by atoms with Crippen molar-refractivity contribution < 1.29 is 9.53 Å². The van der Waals surface area contributed by atoms with Crippen LogP contribution in [0.5, 0.6) is 5.75 Å². The first kappa shape index (κ1) is 22.8. The van der Waals surface area contributed by atoms with Crippen molar-refractivity contribution in [2.45, 2.75) is 6.10 Å². The molecule has 2 heterocycles. The molecule has 0 aliphatic rings. The van der Waals surface area contributed by atoms with Crippen LogP contribution in [0.15, 0.2) is 73.1 Å². The number of nitrogens with one attached hydrogen (secondary N) is 1. The van der Waals surface area contributed by atoms with E-state index in [0.29, 0.717) is 33.0 Å². The Hall–Kier alpha value is -3.33. The molecule has 0 aliphatic heterocycles. The molecule has 0 saturated carbocycles. The Bertz CT molecular complexity index is 1220. The molecular formula is C24H22ClN5O2S. The average molecular weight is 480 g/mol. The molecule has 1 N–H and O–H groups in total. The Kier molecular flexibility index (Phi) is 7.29. The molecule has 0 fully saturated rings. The summed E-state index contributed by atoms with van der Waals surface area (Å²) in [5.74, 6) is 0.189. The van der Waals surface area contributed by atoms with Crippen LogP contribution in [-0.4, -0.2) is 46.6 Å². The van der Waals surface area contributed by atoms with Crippen molar-refractivity contribution in [1.82, 2.24) is 20.1 Å². The fourth-order valence-electron chi connectivity index (χ4n) is 3.16. The van der Waals surface area contributed by atoms with Gasteiger partial charge >= 0.3 is 0 Å². The fourth-order valence-corrected chi connectivity index (χ4v) is 4.12. The summed E-state index contributed by atoms with van der Waals surface area (Å²) in [4.78, 5) is 18.8. The highest BCUT2D eigenvalue weighted by Crippen LogP contribution is 2.31. The lowest BCUT2D eigenvalue weighted by atomic mass is 10.1. The number of nitrogens with zero attached hydrogens (tertiary/aromatic N) is 4. The van der Waals surface area contributed by atoms with E-state index >= 15 is 0 Å². The van der Waals surface area contributed by atoms with Crippen molar-refractivity contribution in [1.29, 1.82) is 0 Å². The number of rotatable bonds is 8. The molecular weight excluding hydrogens is 458 g/mol. The summed E-state index contributed by atoms with van der Waals surface area (Å²) >= 11 is 7.76. The molecule has 0 saturated heterocycles. The normalized spacial score (nSPS) is 11.9. The van der Waals surface area contributed by atoms with E-state index < -0.39 is 0 Å². The van der Waals surface area contributed by atoms with Gasteiger partial charge in [0.1, 0.15) is 16.9 Å². The van der Waals surface area contributed by atoms with E-state index in [9.17, 15) is 4.79 Å². The van der Waals surface area contributed by atoms with Crippen molar-refractivity contribution in [3.63, 3.8) is 0 Å². The number of anilines is 1. The number of amides is 1. The summed E-state index contributed by atoms with van der Waals surface area (Å²) in [7, 11) is 3.98.